The van der Waals surface area contributed by atoms with Crippen LogP contribution in [0.25, 0.3) is 0 Å². The summed E-state index contributed by atoms with van der Waals surface area (Å²) in [4.78, 5) is 3.73. The van der Waals surface area contributed by atoms with Gasteiger partial charge in [0.05, 0.1) is 0 Å². The van der Waals surface area contributed by atoms with Crippen LogP contribution in [-0.2, 0) is 16.6 Å². The van der Waals surface area contributed by atoms with Gasteiger partial charge in [0.2, 0.25) is 10.0 Å². The van der Waals surface area contributed by atoms with Crippen molar-refractivity contribution in [2.75, 3.05) is 7.05 Å². The van der Waals surface area contributed by atoms with Gasteiger partial charge in [-0.15, -0.1) is 0 Å². The van der Waals surface area contributed by atoms with Crippen molar-refractivity contribution in [1.82, 2.24) is 9.29 Å². The van der Waals surface area contributed by atoms with E-state index >= 15 is 0 Å². The van der Waals surface area contributed by atoms with Crippen LogP contribution in [0.1, 0.15) is 16.8 Å². The van der Waals surface area contributed by atoms with Gasteiger partial charge < -0.3 is 0 Å². The van der Waals surface area contributed by atoms with Crippen LogP contribution in [0.15, 0.2) is 47.5 Å². The van der Waals surface area contributed by atoms with Crippen molar-refractivity contribution in [2.24, 2.45) is 0 Å². The van der Waals surface area contributed by atoms with Crippen molar-refractivity contribution < 1.29 is 8.42 Å². The molecule has 0 fully saturated rings. The van der Waals surface area contributed by atoms with Gasteiger partial charge in [-0.3, -0.25) is 0 Å². The lowest BCUT2D eigenvalue weighted by Crippen LogP contribution is -2.27. The number of sulfonamides is 1. The summed E-state index contributed by atoms with van der Waals surface area (Å²) in [6, 6.07) is 12.4. The van der Waals surface area contributed by atoms with E-state index < -0.39 is 10.0 Å². The van der Waals surface area contributed by atoms with Crippen molar-refractivity contribution in [3.8, 4) is 6.07 Å². The number of nitrogens with zero attached hydrogens (tertiary/aromatic N) is 3. The molecule has 0 unspecified atom stereocenters. The molecule has 108 valence electrons. The first kappa shape index (κ1) is 15.2. The number of rotatable bonds is 4. The van der Waals surface area contributed by atoms with Crippen LogP contribution < -0.4 is 0 Å². The molecule has 0 atom stereocenters. The van der Waals surface area contributed by atoms with Crippen LogP contribution in [0.2, 0.25) is 0 Å². The topological polar surface area (TPSA) is 74.1 Å². The van der Waals surface area contributed by atoms with E-state index in [0.29, 0.717) is 0 Å². The monoisotopic (exact) mass is 301 g/mol. The fraction of sp³-hybridized carbons (Fsp3) is 0.200. The third-order valence-electron chi connectivity index (χ3n) is 3.05. The van der Waals surface area contributed by atoms with Crippen LogP contribution in [0, 0.1) is 18.3 Å². The second-order valence-electron chi connectivity index (χ2n) is 4.71. The molecule has 6 heteroatoms. The number of nitriles is 1. The lowest BCUT2D eigenvalue weighted by Gasteiger charge is -2.17. The molecule has 0 aliphatic heterocycles. The van der Waals surface area contributed by atoms with Crippen molar-refractivity contribution in [3.05, 3.63) is 59.4 Å². The average molecular weight is 301 g/mol. The summed E-state index contributed by atoms with van der Waals surface area (Å²) >= 11 is 0. The third-order valence-corrected chi connectivity index (χ3v) is 4.89. The molecule has 0 radical (unpaired) electrons. The van der Waals surface area contributed by atoms with E-state index in [9.17, 15) is 8.42 Å². The van der Waals surface area contributed by atoms with E-state index in [4.69, 9.17) is 5.26 Å². The molecule has 0 spiro atoms. The van der Waals surface area contributed by atoms with Crippen molar-refractivity contribution in [2.45, 2.75) is 18.4 Å². The maximum absolute atomic E-state index is 12.5. The van der Waals surface area contributed by atoms with E-state index in [1.165, 1.54) is 29.7 Å². The fourth-order valence-electron chi connectivity index (χ4n) is 2.00. The van der Waals surface area contributed by atoms with Gasteiger partial charge in [-0.25, -0.2) is 13.4 Å². The molecule has 21 heavy (non-hydrogen) atoms. The highest BCUT2D eigenvalue weighted by molar-refractivity contribution is 7.89. The van der Waals surface area contributed by atoms with Gasteiger partial charge in [-0.05, 0) is 24.6 Å². The zero-order chi connectivity index (χ0) is 15.5. The molecule has 0 N–H and O–H groups in total. The number of hydrogen-bond donors (Lipinski definition) is 0. The molecule has 5 nitrogen and oxygen atoms in total. The number of aryl methyl sites for hydroxylation is 1. The van der Waals surface area contributed by atoms with Gasteiger partial charge in [-0.2, -0.15) is 9.57 Å². The minimum atomic E-state index is -3.74. The third kappa shape index (κ3) is 3.27. The van der Waals surface area contributed by atoms with Gasteiger partial charge >= 0.3 is 0 Å². The first-order valence-corrected chi connectivity index (χ1v) is 7.76. The minimum absolute atomic E-state index is 0.0670. The SMILES string of the molecule is Cc1cccc(CN(C)S(=O)(=O)c2cccnc2C#N)c1. The summed E-state index contributed by atoms with van der Waals surface area (Å²) in [6.45, 7) is 2.19. The molecule has 0 bridgehead atoms. The molecular weight excluding hydrogens is 286 g/mol. The predicted molar refractivity (Wildman–Crippen MR) is 78.8 cm³/mol. The fourth-order valence-corrected chi connectivity index (χ4v) is 3.25. The van der Waals surface area contributed by atoms with Crippen LogP contribution in [0.3, 0.4) is 0 Å². The van der Waals surface area contributed by atoms with Crippen LogP contribution in [-0.4, -0.2) is 24.8 Å². The zero-order valence-electron chi connectivity index (χ0n) is 11.8. The van der Waals surface area contributed by atoms with Crippen molar-refractivity contribution in [1.29, 1.82) is 5.26 Å². The molecule has 1 aromatic heterocycles. The van der Waals surface area contributed by atoms with E-state index in [-0.39, 0.29) is 17.1 Å². The Morgan fingerprint density at radius 2 is 2.05 bits per heavy atom. The predicted octanol–water partition coefficient (Wildman–Crippen LogP) is 2.08. The quantitative estimate of drug-likeness (QED) is 0.866. The molecule has 0 saturated carbocycles. The van der Waals surface area contributed by atoms with Crippen LogP contribution in [0.5, 0.6) is 0 Å². The van der Waals surface area contributed by atoms with Gasteiger partial charge in [-0.1, -0.05) is 29.8 Å². The van der Waals surface area contributed by atoms with Gasteiger partial charge in [0, 0.05) is 19.8 Å². The zero-order valence-corrected chi connectivity index (χ0v) is 12.6. The van der Waals surface area contributed by atoms with E-state index in [1.54, 1.807) is 0 Å². The molecule has 2 rings (SSSR count). The number of benzene rings is 1. The molecule has 0 saturated heterocycles. The van der Waals surface area contributed by atoms with E-state index in [2.05, 4.69) is 4.98 Å². The minimum Gasteiger partial charge on any atom is -0.244 e. The lowest BCUT2D eigenvalue weighted by molar-refractivity contribution is 0.466. The van der Waals surface area contributed by atoms with E-state index in [0.717, 1.165) is 11.1 Å². The van der Waals surface area contributed by atoms with Gasteiger partial charge in [0.25, 0.3) is 0 Å². The van der Waals surface area contributed by atoms with Gasteiger partial charge in [0.15, 0.2) is 5.69 Å². The van der Waals surface area contributed by atoms with Crippen LogP contribution in [0.4, 0.5) is 0 Å². The molecule has 0 amide bonds. The Hall–Kier alpha value is -2.23. The Morgan fingerprint density at radius 3 is 2.71 bits per heavy atom. The van der Waals surface area contributed by atoms with Crippen LogP contribution >= 0.6 is 0 Å². The van der Waals surface area contributed by atoms with E-state index in [1.807, 2.05) is 37.3 Å². The Balaban J connectivity index is 2.33. The summed E-state index contributed by atoms with van der Waals surface area (Å²) in [7, 11) is -2.25. The molecule has 1 heterocycles. The smallest absolute Gasteiger partial charge is 0.244 e. The summed E-state index contributed by atoms with van der Waals surface area (Å²) in [5, 5.41) is 8.99. The second-order valence-corrected chi connectivity index (χ2v) is 6.73. The average Bonchev–Trinajstić information content (AvgIpc) is 2.47. The number of hydrogen-bond acceptors (Lipinski definition) is 4. The summed E-state index contributed by atoms with van der Waals surface area (Å²) in [5.74, 6) is 0. The highest BCUT2D eigenvalue weighted by Gasteiger charge is 2.24. The Bertz CT molecular complexity index is 795. The summed E-state index contributed by atoms with van der Waals surface area (Å²) in [6.07, 6.45) is 1.40. The normalized spacial score (nSPS) is 11.3. The van der Waals surface area contributed by atoms with Crippen molar-refractivity contribution >= 4 is 10.0 Å². The molecule has 1 aromatic carbocycles. The Labute approximate surface area is 124 Å². The maximum Gasteiger partial charge on any atom is 0.246 e. The first-order chi connectivity index (χ1) is 9.95. The first-order valence-electron chi connectivity index (χ1n) is 6.32. The lowest BCUT2D eigenvalue weighted by atomic mass is 10.1. The molecule has 0 aliphatic rings. The maximum atomic E-state index is 12.5. The van der Waals surface area contributed by atoms with Crippen molar-refractivity contribution in [3.63, 3.8) is 0 Å². The number of aromatic nitrogens is 1. The molecular formula is C15H15N3O2S. The molecule has 2 aromatic rings. The number of pyridine rings is 1. The largest absolute Gasteiger partial charge is 0.246 e. The summed E-state index contributed by atoms with van der Waals surface area (Å²) < 4.78 is 26.3. The highest BCUT2D eigenvalue weighted by Crippen LogP contribution is 2.19. The highest BCUT2D eigenvalue weighted by atomic mass is 32.2. The second kappa shape index (κ2) is 6.04. The standard InChI is InChI=1S/C15H15N3O2S/c1-12-5-3-6-13(9-12)11-18(2)21(19,20)15-7-4-8-17-14(15)10-16/h3-9H,11H2,1-2H3. The molecule has 0 aliphatic carbocycles. The Morgan fingerprint density at radius 1 is 1.29 bits per heavy atom. The Kier molecular flexibility index (Phi) is 4.36. The van der Waals surface area contributed by atoms with Gasteiger partial charge in [0.1, 0.15) is 11.0 Å². The summed E-state index contributed by atoms with van der Waals surface area (Å²) in [5.41, 5.74) is 1.87.